The number of carbonyl (C=O) groups excluding carboxylic acids is 1. The smallest absolute Gasteiger partial charge is 0.404 e. The van der Waals surface area contributed by atoms with Gasteiger partial charge in [-0.05, 0) is 13.8 Å². The van der Waals surface area contributed by atoms with E-state index in [0.717, 1.165) is 18.1 Å². The Balaban J connectivity index is 1.39. The Labute approximate surface area is 205 Å². The fourth-order valence-corrected chi connectivity index (χ4v) is 5.81. The molecule has 1 fully saturated rings. The Morgan fingerprint density at radius 1 is 1.43 bits per heavy atom. The van der Waals surface area contributed by atoms with Crippen LogP contribution in [0, 0.1) is 12.3 Å². The van der Waals surface area contributed by atoms with E-state index in [1.807, 2.05) is 19.9 Å². The summed E-state index contributed by atoms with van der Waals surface area (Å²) in [6, 6.07) is 1.92. The SMILES string of the molecule is C#Cc1cnc2c(c1)OC[C@@H]1CN(c3nc4c(c(NC(C)(C)COC(N)=O)n3)[S@@](=O)CC4)CCN21. The molecule has 5 heterocycles. The molecule has 3 aliphatic heterocycles. The van der Waals surface area contributed by atoms with Crippen LogP contribution in [0.2, 0.25) is 0 Å². The number of nitrogens with zero attached hydrogens (tertiary/aromatic N) is 5. The van der Waals surface area contributed by atoms with Crippen molar-refractivity contribution in [3.05, 3.63) is 23.5 Å². The Kier molecular flexibility index (Phi) is 5.88. The number of aryl methyl sites for hydroxylation is 1. The molecular formula is C23H27N7O4S. The third-order valence-electron chi connectivity index (χ3n) is 6.18. The monoisotopic (exact) mass is 497 g/mol. The largest absolute Gasteiger partial charge is 0.487 e. The van der Waals surface area contributed by atoms with Gasteiger partial charge < -0.3 is 30.3 Å². The Hall–Kier alpha value is -3.59. The van der Waals surface area contributed by atoms with Gasteiger partial charge in [-0.25, -0.2) is 14.8 Å². The molecule has 0 bridgehead atoms. The fourth-order valence-electron chi connectivity index (χ4n) is 4.50. The molecule has 1 saturated heterocycles. The highest BCUT2D eigenvalue weighted by molar-refractivity contribution is 7.85. The molecule has 5 rings (SSSR count). The molecule has 1 amide bonds. The van der Waals surface area contributed by atoms with E-state index in [1.165, 1.54) is 0 Å². The number of hydrogen-bond acceptors (Lipinski definition) is 10. The number of aromatic nitrogens is 3. The summed E-state index contributed by atoms with van der Waals surface area (Å²) in [5.41, 5.74) is 5.92. The first-order valence-corrected chi connectivity index (χ1v) is 12.7. The molecule has 35 heavy (non-hydrogen) atoms. The fraction of sp³-hybridized carbons (Fsp3) is 0.478. The van der Waals surface area contributed by atoms with Crippen molar-refractivity contribution in [1.82, 2.24) is 15.0 Å². The van der Waals surface area contributed by atoms with Gasteiger partial charge in [0.1, 0.15) is 23.9 Å². The lowest BCUT2D eigenvalue weighted by Crippen LogP contribution is -2.58. The molecule has 2 aromatic heterocycles. The van der Waals surface area contributed by atoms with Crippen molar-refractivity contribution < 1.29 is 18.5 Å². The standard InChI is InChI=1S/C23H27N7O4S/c1-4-14-9-17-20(25-10-14)30-7-6-29(11-15(30)12-33-17)22-26-16-5-8-35(32)18(16)19(27-22)28-23(2,3)13-34-21(24)31/h1,9-10,15H,5-8,11-13H2,2-3H3,(H2,24,31)(H,26,27,28)/t15-,35-/m0/s1. The van der Waals surface area contributed by atoms with Gasteiger partial charge >= 0.3 is 6.09 Å². The second kappa shape index (κ2) is 8.88. The van der Waals surface area contributed by atoms with Crippen LogP contribution in [-0.4, -0.2) is 75.4 Å². The van der Waals surface area contributed by atoms with Crippen LogP contribution in [0.4, 0.5) is 22.4 Å². The van der Waals surface area contributed by atoms with Crippen molar-refractivity contribution in [2.24, 2.45) is 5.73 Å². The first kappa shape index (κ1) is 23.2. The number of nitrogens with two attached hydrogens (primary N) is 1. The molecule has 0 aliphatic carbocycles. The number of carbonyl (C=O) groups is 1. The van der Waals surface area contributed by atoms with Crippen LogP contribution >= 0.6 is 0 Å². The lowest BCUT2D eigenvalue weighted by molar-refractivity contribution is 0.138. The number of nitrogens with one attached hydrogen (secondary N) is 1. The number of amides is 1. The van der Waals surface area contributed by atoms with Crippen molar-refractivity contribution in [2.45, 2.75) is 36.7 Å². The van der Waals surface area contributed by atoms with Gasteiger partial charge in [0.2, 0.25) is 5.95 Å². The molecule has 2 atom stereocenters. The first-order valence-electron chi connectivity index (χ1n) is 11.3. The second-order valence-electron chi connectivity index (χ2n) is 9.36. The Bertz CT molecular complexity index is 1250. The van der Waals surface area contributed by atoms with Crippen molar-refractivity contribution in [1.29, 1.82) is 0 Å². The molecule has 3 aliphatic rings. The molecule has 0 unspecified atom stereocenters. The van der Waals surface area contributed by atoms with E-state index >= 15 is 0 Å². The summed E-state index contributed by atoms with van der Waals surface area (Å²) in [7, 11) is -1.19. The van der Waals surface area contributed by atoms with E-state index in [1.54, 1.807) is 6.20 Å². The summed E-state index contributed by atoms with van der Waals surface area (Å²) < 4.78 is 23.7. The van der Waals surface area contributed by atoms with Crippen LogP contribution in [0.25, 0.3) is 0 Å². The molecule has 0 saturated carbocycles. The summed E-state index contributed by atoms with van der Waals surface area (Å²) in [5.74, 6) is 5.66. The van der Waals surface area contributed by atoms with Crippen LogP contribution in [0.15, 0.2) is 17.2 Å². The number of pyridine rings is 1. The second-order valence-corrected chi connectivity index (χ2v) is 10.9. The van der Waals surface area contributed by atoms with Gasteiger partial charge in [0.05, 0.1) is 28.1 Å². The van der Waals surface area contributed by atoms with Gasteiger partial charge in [0.15, 0.2) is 11.6 Å². The number of ether oxygens (including phenoxy) is 2. The van der Waals surface area contributed by atoms with Gasteiger partial charge in [-0.15, -0.1) is 6.42 Å². The molecule has 2 aromatic rings. The van der Waals surface area contributed by atoms with Gasteiger partial charge in [-0.3, -0.25) is 4.21 Å². The lowest BCUT2D eigenvalue weighted by Gasteiger charge is -2.44. The molecule has 0 spiro atoms. The topological polar surface area (TPSA) is 136 Å². The molecular weight excluding hydrogens is 470 g/mol. The van der Waals surface area contributed by atoms with Crippen molar-refractivity contribution in [3.8, 4) is 18.1 Å². The Morgan fingerprint density at radius 3 is 3.03 bits per heavy atom. The third kappa shape index (κ3) is 4.55. The van der Waals surface area contributed by atoms with Crippen molar-refractivity contribution >= 4 is 34.5 Å². The van der Waals surface area contributed by atoms with Gasteiger partial charge in [-0.1, -0.05) is 5.92 Å². The molecule has 3 N–H and O–H groups in total. The highest BCUT2D eigenvalue weighted by Crippen LogP contribution is 2.36. The zero-order valence-corrected chi connectivity index (χ0v) is 20.4. The van der Waals surface area contributed by atoms with Crippen LogP contribution in [0.1, 0.15) is 25.1 Å². The number of rotatable bonds is 5. The van der Waals surface area contributed by atoms with Crippen LogP contribution in [0.3, 0.4) is 0 Å². The Morgan fingerprint density at radius 2 is 2.26 bits per heavy atom. The zero-order valence-electron chi connectivity index (χ0n) is 19.6. The summed E-state index contributed by atoms with van der Waals surface area (Å²) in [6.45, 7) is 6.30. The maximum absolute atomic E-state index is 12.7. The van der Waals surface area contributed by atoms with Gasteiger partial charge in [-0.2, -0.15) is 4.98 Å². The average molecular weight is 498 g/mol. The molecule has 0 aromatic carbocycles. The van der Waals surface area contributed by atoms with Gasteiger partial charge in [0, 0.05) is 49.6 Å². The van der Waals surface area contributed by atoms with Crippen molar-refractivity contribution in [3.63, 3.8) is 0 Å². The minimum atomic E-state index is -1.19. The number of terminal acetylenes is 1. The zero-order chi connectivity index (χ0) is 24.7. The third-order valence-corrected chi connectivity index (χ3v) is 7.64. The summed E-state index contributed by atoms with van der Waals surface area (Å²) in [4.78, 5) is 30.1. The summed E-state index contributed by atoms with van der Waals surface area (Å²) in [6.07, 6.45) is 6.94. The van der Waals surface area contributed by atoms with Crippen LogP contribution < -0.4 is 25.6 Å². The van der Waals surface area contributed by atoms with E-state index in [-0.39, 0.29) is 12.6 Å². The molecule has 0 radical (unpaired) electrons. The van der Waals surface area contributed by atoms with E-state index in [0.29, 0.717) is 59.8 Å². The number of anilines is 3. The maximum atomic E-state index is 12.7. The predicted molar refractivity (Wildman–Crippen MR) is 131 cm³/mol. The van der Waals surface area contributed by atoms with E-state index in [2.05, 4.69) is 26.0 Å². The highest BCUT2D eigenvalue weighted by atomic mass is 32.2. The minimum absolute atomic E-state index is 0.0367. The number of piperazine rings is 1. The lowest BCUT2D eigenvalue weighted by atomic mass is 10.1. The predicted octanol–water partition coefficient (Wildman–Crippen LogP) is 0.890. The summed E-state index contributed by atoms with van der Waals surface area (Å²) >= 11 is 0. The molecule has 12 heteroatoms. The number of hydrogen-bond donors (Lipinski definition) is 2. The first-order chi connectivity index (χ1) is 16.7. The highest BCUT2D eigenvalue weighted by Gasteiger charge is 2.36. The van der Waals surface area contributed by atoms with E-state index < -0.39 is 22.4 Å². The van der Waals surface area contributed by atoms with Crippen LogP contribution in [0.5, 0.6) is 5.75 Å². The minimum Gasteiger partial charge on any atom is -0.487 e. The van der Waals surface area contributed by atoms with Crippen LogP contribution in [-0.2, 0) is 22.0 Å². The molecule has 184 valence electrons. The van der Waals surface area contributed by atoms with Crippen molar-refractivity contribution in [2.75, 3.05) is 53.7 Å². The quantitative estimate of drug-likeness (QED) is 0.573. The normalized spacial score (nSPS) is 20.7. The summed E-state index contributed by atoms with van der Waals surface area (Å²) in [5, 5.41) is 3.30. The molecule has 11 nitrogen and oxygen atoms in total. The number of fused-ring (bicyclic) bond motifs is 4. The van der Waals surface area contributed by atoms with E-state index in [9.17, 15) is 9.00 Å². The van der Waals surface area contributed by atoms with E-state index in [4.69, 9.17) is 31.6 Å². The maximum Gasteiger partial charge on any atom is 0.404 e. The average Bonchev–Trinajstić information content (AvgIpc) is 3.22. The van der Waals surface area contributed by atoms with Gasteiger partial charge in [0.25, 0.3) is 0 Å². The number of primary amides is 1.